The second kappa shape index (κ2) is 6.10. The third-order valence-electron chi connectivity index (χ3n) is 4.85. The summed E-state index contributed by atoms with van der Waals surface area (Å²) in [4.78, 5) is 15.8. The van der Waals surface area contributed by atoms with Crippen molar-refractivity contribution in [3.8, 4) is 0 Å². The Bertz CT molecular complexity index is 653. The van der Waals surface area contributed by atoms with Gasteiger partial charge in [-0.05, 0) is 18.8 Å². The fourth-order valence-corrected chi connectivity index (χ4v) is 3.45. The van der Waals surface area contributed by atoms with Gasteiger partial charge in [0.2, 0.25) is 5.91 Å². The van der Waals surface area contributed by atoms with Crippen molar-refractivity contribution >= 4 is 5.91 Å². The van der Waals surface area contributed by atoms with Crippen molar-refractivity contribution in [1.82, 2.24) is 34.9 Å². The lowest BCUT2D eigenvalue weighted by Gasteiger charge is -2.39. The van der Waals surface area contributed by atoms with Crippen molar-refractivity contribution in [3.63, 3.8) is 0 Å². The average Bonchev–Trinajstić information content (AvgIpc) is 3.20. The predicted molar refractivity (Wildman–Crippen MR) is 81.3 cm³/mol. The number of carbonyl (C=O) groups is 1. The second-order valence-electron chi connectivity index (χ2n) is 6.56. The first-order valence-electron chi connectivity index (χ1n) is 8.30. The van der Waals surface area contributed by atoms with Crippen LogP contribution in [0.1, 0.15) is 43.8 Å². The molecule has 1 aliphatic carbocycles. The standard InChI is InChI=1S/C15H21N7O/c23-15(7-12-3-1-2-4-12)20-10-14(11-20)21-8-13(18-19-21)9-22-16-5-6-17-22/h5-6,8,12,14H,1-4,7,9-11H2. The van der Waals surface area contributed by atoms with Crippen LogP contribution < -0.4 is 0 Å². The van der Waals surface area contributed by atoms with Gasteiger partial charge in [0.05, 0.1) is 24.6 Å². The van der Waals surface area contributed by atoms with Gasteiger partial charge in [0.1, 0.15) is 12.2 Å². The lowest BCUT2D eigenvalue weighted by molar-refractivity contribution is -0.138. The fraction of sp³-hybridized carbons (Fsp3) is 0.667. The van der Waals surface area contributed by atoms with Crippen LogP contribution in [-0.4, -0.2) is 53.9 Å². The quantitative estimate of drug-likeness (QED) is 0.818. The van der Waals surface area contributed by atoms with Crippen LogP contribution in [0, 0.1) is 5.92 Å². The molecule has 122 valence electrons. The van der Waals surface area contributed by atoms with Gasteiger partial charge in [0.25, 0.3) is 0 Å². The summed E-state index contributed by atoms with van der Waals surface area (Å²) < 4.78 is 1.86. The zero-order valence-electron chi connectivity index (χ0n) is 13.1. The van der Waals surface area contributed by atoms with Gasteiger partial charge >= 0.3 is 0 Å². The summed E-state index contributed by atoms with van der Waals surface area (Å²) in [7, 11) is 0. The molecule has 8 heteroatoms. The van der Waals surface area contributed by atoms with E-state index in [1.54, 1.807) is 17.2 Å². The molecule has 1 aliphatic heterocycles. The van der Waals surface area contributed by atoms with E-state index in [9.17, 15) is 4.79 Å². The molecule has 2 aliphatic rings. The van der Waals surface area contributed by atoms with Gasteiger partial charge in [-0.15, -0.1) is 5.10 Å². The first-order chi connectivity index (χ1) is 11.3. The normalized spacial score (nSPS) is 19.2. The molecule has 2 aromatic heterocycles. The number of carbonyl (C=O) groups excluding carboxylic acids is 1. The minimum absolute atomic E-state index is 0.245. The van der Waals surface area contributed by atoms with E-state index >= 15 is 0 Å². The SMILES string of the molecule is O=C(CC1CCCC1)N1CC(n2cc(Cn3nccn3)nn2)C1. The second-order valence-corrected chi connectivity index (χ2v) is 6.56. The van der Waals surface area contributed by atoms with E-state index in [1.807, 2.05) is 15.8 Å². The topological polar surface area (TPSA) is 81.7 Å². The number of aromatic nitrogens is 6. The molecular formula is C15H21N7O. The predicted octanol–water partition coefficient (Wildman–Crippen LogP) is 0.881. The van der Waals surface area contributed by atoms with Crippen LogP contribution in [0.2, 0.25) is 0 Å². The van der Waals surface area contributed by atoms with Crippen LogP contribution in [0.25, 0.3) is 0 Å². The van der Waals surface area contributed by atoms with Crippen LogP contribution in [-0.2, 0) is 11.3 Å². The number of amides is 1. The zero-order valence-corrected chi connectivity index (χ0v) is 13.1. The zero-order chi connectivity index (χ0) is 15.6. The van der Waals surface area contributed by atoms with Crippen LogP contribution in [0.3, 0.4) is 0 Å². The molecule has 1 saturated carbocycles. The molecule has 1 saturated heterocycles. The van der Waals surface area contributed by atoms with Crippen molar-refractivity contribution in [2.75, 3.05) is 13.1 Å². The summed E-state index contributed by atoms with van der Waals surface area (Å²) in [5.74, 6) is 0.912. The van der Waals surface area contributed by atoms with Crippen LogP contribution in [0.15, 0.2) is 18.6 Å². The van der Waals surface area contributed by atoms with Gasteiger partial charge in [0.15, 0.2) is 0 Å². The molecule has 0 bridgehead atoms. The highest BCUT2D eigenvalue weighted by Gasteiger charge is 2.33. The van der Waals surface area contributed by atoms with Crippen molar-refractivity contribution in [1.29, 1.82) is 0 Å². The minimum Gasteiger partial charge on any atom is -0.338 e. The fourth-order valence-electron chi connectivity index (χ4n) is 3.45. The van der Waals surface area contributed by atoms with Gasteiger partial charge in [-0.3, -0.25) is 4.79 Å². The van der Waals surface area contributed by atoms with E-state index in [0.717, 1.165) is 25.2 Å². The van der Waals surface area contributed by atoms with Gasteiger partial charge in [-0.2, -0.15) is 15.0 Å². The molecule has 23 heavy (non-hydrogen) atoms. The summed E-state index contributed by atoms with van der Waals surface area (Å²) >= 11 is 0. The Morgan fingerprint density at radius 2 is 1.91 bits per heavy atom. The summed E-state index contributed by atoms with van der Waals surface area (Å²) in [6.45, 7) is 2.01. The lowest BCUT2D eigenvalue weighted by Crippen LogP contribution is -2.51. The molecular weight excluding hydrogens is 294 g/mol. The summed E-state index contributed by atoms with van der Waals surface area (Å²) in [5.41, 5.74) is 0.830. The molecule has 2 fully saturated rings. The highest BCUT2D eigenvalue weighted by molar-refractivity contribution is 5.77. The largest absolute Gasteiger partial charge is 0.338 e. The number of hydrogen-bond donors (Lipinski definition) is 0. The van der Waals surface area contributed by atoms with Gasteiger partial charge in [-0.25, -0.2) is 4.68 Å². The van der Waals surface area contributed by atoms with Crippen molar-refractivity contribution in [2.24, 2.45) is 5.92 Å². The maximum atomic E-state index is 12.2. The van der Waals surface area contributed by atoms with E-state index in [-0.39, 0.29) is 6.04 Å². The molecule has 0 unspecified atom stereocenters. The molecule has 1 amide bonds. The van der Waals surface area contributed by atoms with E-state index in [4.69, 9.17) is 0 Å². The van der Waals surface area contributed by atoms with E-state index in [2.05, 4.69) is 20.5 Å². The number of rotatable bonds is 5. The summed E-state index contributed by atoms with van der Waals surface area (Å²) in [6.07, 6.45) is 10.9. The average molecular weight is 315 g/mol. The first-order valence-corrected chi connectivity index (χ1v) is 8.30. The van der Waals surface area contributed by atoms with E-state index in [0.29, 0.717) is 18.4 Å². The molecule has 3 heterocycles. The van der Waals surface area contributed by atoms with Crippen LogP contribution >= 0.6 is 0 Å². The van der Waals surface area contributed by atoms with Gasteiger partial charge < -0.3 is 4.90 Å². The molecule has 0 atom stereocenters. The molecule has 4 rings (SSSR count). The summed E-state index contributed by atoms with van der Waals surface area (Å²) in [6, 6.07) is 0.245. The maximum Gasteiger partial charge on any atom is 0.222 e. The highest BCUT2D eigenvalue weighted by atomic mass is 16.2. The first kappa shape index (κ1) is 14.3. The molecule has 2 aromatic rings. The minimum atomic E-state index is 0.245. The highest BCUT2D eigenvalue weighted by Crippen LogP contribution is 2.30. The number of nitrogens with zero attached hydrogens (tertiary/aromatic N) is 7. The molecule has 0 spiro atoms. The molecule has 0 N–H and O–H groups in total. The Morgan fingerprint density at radius 1 is 1.17 bits per heavy atom. The van der Waals surface area contributed by atoms with Gasteiger partial charge in [0, 0.05) is 19.5 Å². The van der Waals surface area contributed by atoms with E-state index in [1.165, 1.54) is 25.7 Å². The van der Waals surface area contributed by atoms with Crippen LogP contribution in [0.5, 0.6) is 0 Å². The van der Waals surface area contributed by atoms with E-state index < -0.39 is 0 Å². The van der Waals surface area contributed by atoms with Gasteiger partial charge in [-0.1, -0.05) is 18.1 Å². The molecule has 0 radical (unpaired) electrons. The monoisotopic (exact) mass is 315 g/mol. The maximum absolute atomic E-state index is 12.2. The number of hydrogen-bond acceptors (Lipinski definition) is 5. The third kappa shape index (κ3) is 3.11. The third-order valence-corrected chi connectivity index (χ3v) is 4.85. The van der Waals surface area contributed by atoms with Crippen LogP contribution in [0.4, 0.5) is 0 Å². The lowest BCUT2D eigenvalue weighted by atomic mass is 10.0. The molecule has 8 nitrogen and oxygen atoms in total. The smallest absolute Gasteiger partial charge is 0.222 e. The Hall–Kier alpha value is -2.25. The summed E-state index contributed by atoms with van der Waals surface area (Å²) in [5, 5.41) is 16.5. The number of likely N-dealkylation sites (tertiary alicyclic amines) is 1. The molecule has 0 aromatic carbocycles. The Balaban J connectivity index is 1.28. The van der Waals surface area contributed by atoms with Crippen molar-refractivity contribution < 1.29 is 4.79 Å². The van der Waals surface area contributed by atoms with Crippen molar-refractivity contribution in [3.05, 3.63) is 24.3 Å². The Labute approximate surface area is 134 Å². The van der Waals surface area contributed by atoms with Crippen molar-refractivity contribution in [2.45, 2.75) is 44.7 Å². The Morgan fingerprint density at radius 3 is 2.65 bits per heavy atom. The Kier molecular flexibility index (Phi) is 3.80.